The third kappa shape index (κ3) is 24.7. The van der Waals surface area contributed by atoms with Crippen molar-refractivity contribution in [1.82, 2.24) is 0 Å². The summed E-state index contributed by atoms with van der Waals surface area (Å²) in [5.41, 5.74) is 0.644. The van der Waals surface area contributed by atoms with Crippen LogP contribution in [0.25, 0.3) is 0 Å². The number of rotatable bonds is 24. The van der Waals surface area contributed by atoms with Gasteiger partial charge in [0.15, 0.2) is 0 Å². The molecule has 0 aromatic carbocycles. The van der Waals surface area contributed by atoms with Crippen LogP contribution in [-0.4, -0.2) is 113 Å². The molecule has 0 radical (unpaired) electrons. The topological polar surface area (TPSA) is 210 Å². The number of carboxylic acid groups (broad SMARTS) is 4. The first-order chi connectivity index (χ1) is 32.3. The number of carbonyl (C=O) groups excluding carboxylic acids is 4. The van der Waals surface area contributed by atoms with E-state index in [0.717, 1.165) is 0 Å². The molecule has 0 N–H and O–H groups in total. The van der Waals surface area contributed by atoms with Gasteiger partial charge in [-0.05, 0) is 156 Å². The van der Waals surface area contributed by atoms with Crippen LogP contribution in [0.15, 0.2) is 18.1 Å². The van der Waals surface area contributed by atoms with Crippen LogP contribution in [0.5, 0.6) is 0 Å². The zero-order valence-electron chi connectivity index (χ0n) is 53.5. The molecular weight excluding hydrogens is 1190 g/mol. The normalized spacial score (nSPS) is 12.8. The molecule has 0 aliphatic carbocycles. The summed E-state index contributed by atoms with van der Waals surface area (Å²) < 4.78 is 19.8. The van der Waals surface area contributed by atoms with E-state index in [2.05, 4.69) is 111 Å². The predicted molar refractivity (Wildman–Crippen MR) is 334 cm³/mol. The van der Waals surface area contributed by atoms with Gasteiger partial charge in [0.1, 0.15) is 32.3 Å². The molecule has 0 rings (SSSR count). The van der Waals surface area contributed by atoms with Crippen molar-refractivity contribution in [2.24, 2.45) is 18.1 Å². The fourth-order valence-electron chi connectivity index (χ4n) is 9.51. The van der Waals surface area contributed by atoms with Gasteiger partial charge in [-0.3, -0.25) is 0 Å². The second-order valence-electron chi connectivity index (χ2n) is 24.1. The van der Waals surface area contributed by atoms with Gasteiger partial charge in [-0.1, -0.05) is 111 Å². The van der Waals surface area contributed by atoms with Gasteiger partial charge in [0.05, 0.1) is 96.3 Å². The summed E-state index contributed by atoms with van der Waals surface area (Å²) in [6.07, 6.45) is 0. The maximum Gasteiger partial charge on any atom is 2.00 e. The molecule has 0 atom stereocenters. The maximum absolute atomic E-state index is 11.7. The summed E-state index contributed by atoms with van der Waals surface area (Å²) in [5, 5.41) is 47.0. The van der Waals surface area contributed by atoms with E-state index in [9.17, 15) is 39.6 Å². The van der Waals surface area contributed by atoms with Gasteiger partial charge in [0, 0.05) is 0 Å². The summed E-state index contributed by atoms with van der Waals surface area (Å²) in [4.78, 5) is 47.0. The number of hydrogen-bond donors (Lipinski definition) is 0. The fourth-order valence-corrected chi connectivity index (χ4v) is 45.2. The van der Waals surface area contributed by atoms with E-state index in [0.29, 0.717) is 45.3 Å². The first-order valence-electron chi connectivity index (χ1n) is 27.1. The smallest absolute Gasteiger partial charge is 0.543 e. The van der Waals surface area contributed by atoms with E-state index in [-0.39, 0.29) is 84.2 Å². The first-order valence-corrected chi connectivity index (χ1v) is 41.0. The summed E-state index contributed by atoms with van der Waals surface area (Å²) in [5.74, 6) is 0. The van der Waals surface area contributed by atoms with Crippen molar-refractivity contribution in [2.45, 2.75) is 312 Å². The molecule has 0 aliphatic heterocycles. The molecular formula is C52H116N4O8P8Zn2+4. The van der Waals surface area contributed by atoms with E-state index in [1.807, 2.05) is 111 Å². The summed E-state index contributed by atoms with van der Waals surface area (Å²) >= 11 is 0. The van der Waals surface area contributed by atoms with Crippen LogP contribution in [0.2, 0.25) is 0 Å². The average Bonchev–Trinajstić information content (AvgIpc) is 3.17. The zero-order valence-corrected chi connectivity index (χ0v) is 67.0. The Bertz CT molecular complexity index is 1540. The Morgan fingerprint density at radius 2 is 0.324 bits per heavy atom. The van der Waals surface area contributed by atoms with E-state index >= 15 is 0 Å². The number of hydrogen-bond acceptors (Lipinski definition) is 12. The monoisotopic (exact) mass is 1300 g/mol. The van der Waals surface area contributed by atoms with Gasteiger partial charge in [0.25, 0.3) is 0 Å². The Labute approximate surface area is 488 Å². The van der Waals surface area contributed by atoms with Crippen molar-refractivity contribution in [3.8, 4) is 0 Å². The Morgan fingerprint density at radius 1 is 0.243 bits per heavy atom. The van der Waals surface area contributed by atoms with E-state index in [1.54, 1.807) is 0 Å². The van der Waals surface area contributed by atoms with Gasteiger partial charge in [-0.25, -0.2) is 0 Å². The molecule has 0 unspecified atom stereocenters. The molecule has 0 heterocycles. The Balaban J connectivity index is -0.000000206. The molecule has 0 saturated heterocycles. The van der Waals surface area contributed by atoms with Crippen molar-refractivity contribution in [3.05, 3.63) is 0 Å². The summed E-state index contributed by atoms with van der Waals surface area (Å²) in [6, 6.07) is 0. The van der Waals surface area contributed by atoms with Crippen molar-refractivity contribution < 1.29 is 78.6 Å². The minimum Gasteiger partial charge on any atom is -0.543 e. The molecule has 22 heteroatoms. The standard InChI is InChI=1S/4C13H29NO2P2.2Zn/c4*1-9(2)17(10(3)4)14-18(11(5)6,12(7)8)13(15)16;;/h4*9-12H,1-8H3,(H,15,16);;/q;;;;2*+2. The van der Waals surface area contributed by atoms with Crippen LogP contribution in [0.3, 0.4) is 0 Å². The van der Waals surface area contributed by atoms with Crippen LogP contribution in [0, 0.1) is 0 Å². The maximum atomic E-state index is 11.7. The molecule has 0 saturated carbocycles. The summed E-state index contributed by atoms with van der Waals surface area (Å²) in [7, 11) is -13.7. The third-order valence-electron chi connectivity index (χ3n) is 13.3. The second kappa shape index (κ2) is 39.3. The van der Waals surface area contributed by atoms with Crippen LogP contribution in [0.4, 0.5) is 19.2 Å². The first kappa shape index (κ1) is 87.0. The molecule has 0 bridgehead atoms. The molecule has 0 spiro atoms. The molecule has 0 amide bonds. The molecule has 0 aliphatic rings. The molecule has 0 aromatic rings. The largest absolute Gasteiger partial charge is 2.00 e. The zero-order chi connectivity index (χ0) is 58.7. The van der Waals surface area contributed by atoms with E-state index < -0.39 is 83.3 Å². The molecule has 12 nitrogen and oxygen atoms in total. The van der Waals surface area contributed by atoms with Crippen molar-refractivity contribution in [3.63, 3.8) is 0 Å². The minimum absolute atomic E-state index is 0. The van der Waals surface area contributed by atoms with Gasteiger partial charge < -0.3 is 39.6 Å². The number of carbonyl (C=O) groups is 4. The van der Waals surface area contributed by atoms with E-state index in [1.165, 1.54) is 0 Å². The minimum atomic E-state index is -2.40. The van der Waals surface area contributed by atoms with Gasteiger partial charge in [-0.15, -0.1) is 18.1 Å². The van der Waals surface area contributed by atoms with Crippen LogP contribution in [-0.2, 0) is 39.0 Å². The molecule has 0 aromatic heterocycles. The Morgan fingerprint density at radius 3 is 0.365 bits per heavy atom. The molecule has 74 heavy (non-hydrogen) atoms. The summed E-state index contributed by atoms with van der Waals surface area (Å²) in [6.45, 7) is 66.2. The Kier molecular flexibility index (Phi) is 46.2. The number of nitrogens with zero attached hydrogens (tertiary/aromatic N) is 4. The Hall–Kier alpha value is 1.77. The predicted octanol–water partition coefficient (Wildman–Crippen LogP) is 17.2. The second-order valence-corrected chi connectivity index (χ2v) is 55.6. The van der Waals surface area contributed by atoms with Gasteiger partial charge in [0.2, 0.25) is 0 Å². The van der Waals surface area contributed by atoms with Crippen molar-refractivity contribution in [2.75, 3.05) is 0 Å². The molecule has 0 fully saturated rings. The SMILES string of the molecule is CC(C)[PH+](N=P(C(=O)[O-])(C(C)C)C(C)C)C(C)C.CC(C)[PH+](N=P(C(=O)[O-])(C(C)C)C(C)C)C(C)C.CC(C)[PH+](N=P(C(=O)[O-])(C(C)C)C(C)C)C(C)C.CC(C)[PH+](N=P(C(=O)[O-])(C(C)C)C(C)C)C(C)C.[Zn+2].[Zn+2]. The third-order valence-corrected chi connectivity index (χ3v) is 46.7. The van der Waals surface area contributed by atoms with Crippen LogP contribution in [0.1, 0.15) is 222 Å². The van der Waals surface area contributed by atoms with Gasteiger partial charge >= 0.3 is 39.0 Å². The van der Waals surface area contributed by atoms with Crippen LogP contribution >= 0.6 is 60.5 Å². The van der Waals surface area contributed by atoms with Crippen molar-refractivity contribution in [1.29, 1.82) is 0 Å². The van der Waals surface area contributed by atoms with E-state index in [4.69, 9.17) is 18.1 Å². The average molecular weight is 1300 g/mol. The van der Waals surface area contributed by atoms with Crippen LogP contribution < -0.4 is 20.4 Å². The van der Waals surface area contributed by atoms with Gasteiger partial charge in [-0.2, -0.15) is 0 Å². The van der Waals surface area contributed by atoms with Crippen molar-refractivity contribution >= 4 is 83.3 Å². The quantitative estimate of drug-likeness (QED) is 0.0669. The fraction of sp³-hybridized carbons (Fsp3) is 0.923. The molecule has 432 valence electrons.